The maximum absolute atomic E-state index is 12.0. The van der Waals surface area contributed by atoms with Gasteiger partial charge in [0.2, 0.25) is 0 Å². The van der Waals surface area contributed by atoms with Crippen LogP contribution in [-0.4, -0.2) is 29.0 Å². The second-order valence-corrected chi connectivity index (χ2v) is 3.25. The predicted molar refractivity (Wildman–Crippen MR) is 39.4 cm³/mol. The van der Waals surface area contributed by atoms with Gasteiger partial charge in [0, 0.05) is 12.8 Å². The summed E-state index contributed by atoms with van der Waals surface area (Å²) in [4.78, 5) is 22.0. The van der Waals surface area contributed by atoms with Crippen LogP contribution in [0.5, 0.6) is 0 Å². The highest BCUT2D eigenvalue weighted by Crippen LogP contribution is 2.30. The normalized spacial score (nSPS) is 22.6. The summed E-state index contributed by atoms with van der Waals surface area (Å²) in [5, 5.41) is 8.78. The molecule has 1 unspecified atom stereocenters. The van der Waals surface area contributed by atoms with Crippen LogP contribution in [0.2, 0.25) is 0 Å². The molecule has 80 valence electrons. The van der Waals surface area contributed by atoms with E-state index in [-0.39, 0.29) is 19.3 Å². The zero-order valence-corrected chi connectivity index (χ0v) is 7.17. The summed E-state index contributed by atoms with van der Waals surface area (Å²) in [5.74, 6) is -3.53. The number of ketones is 2. The number of hydrogen-bond donors (Lipinski definition) is 1. The summed E-state index contributed by atoms with van der Waals surface area (Å²) < 4.78 is 36.1. The summed E-state index contributed by atoms with van der Waals surface area (Å²) in [6.07, 6.45) is -7.61. The lowest BCUT2D eigenvalue weighted by atomic mass is 9.83. The van der Waals surface area contributed by atoms with Crippen molar-refractivity contribution >= 4 is 11.6 Å². The Morgan fingerprint density at radius 1 is 1.21 bits per heavy atom. The first-order chi connectivity index (χ1) is 6.34. The standard InChI is InChI=1S/C8H9F3O3/c9-8(10,11)7(14)6-4(12)2-1-3-5(6)13/h6-7,14H,1-3H2. The number of aliphatic hydroxyl groups excluding tert-OH is 1. The molecule has 1 aliphatic carbocycles. The minimum atomic E-state index is -4.91. The van der Waals surface area contributed by atoms with E-state index in [0.29, 0.717) is 0 Å². The van der Waals surface area contributed by atoms with Gasteiger partial charge in [-0.3, -0.25) is 9.59 Å². The van der Waals surface area contributed by atoms with E-state index in [1.54, 1.807) is 0 Å². The molecule has 1 rings (SSSR count). The molecular formula is C8H9F3O3. The van der Waals surface area contributed by atoms with Crippen molar-refractivity contribution in [3.63, 3.8) is 0 Å². The molecule has 0 aliphatic heterocycles. The van der Waals surface area contributed by atoms with E-state index in [1.807, 2.05) is 0 Å². The molecule has 3 nitrogen and oxygen atoms in total. The van der Waals surface area contributed by atoms with Crippen LogP contribution in [0.3, 0.4) is 0 Å². The Hall–Kier alpha value is -0.910. The highest BCUT2D eigenvalue weighted by molar-refractivity contribution is 6.05. The van der Waals surface area contributed by atoms with Gasteiger partial charge in [-0.25, -0.2) is 0 Å². The number of alkyl halides is 3. The number of carbonyl (C=O) groups is 2. The molecule has 1 atom stereocenters. The van der Waals surface area contributed by atoms with Gasteiger partial charge in [-0.15, -0.1) is 0 Å². The van der Waals surface area contributed by atoms with E-state index in [2.05, 4.69) is 0 Å². The molecule has 1 N–H and O–H groups in total. The Balaban J connectivity index is 2.83. The number of Topliss-reactive ketones (excluding diaryl/α,β-unsaturated/α-hetero) is 2. The van der Waals surface area contributed by atoms with Gasteiger partial charge in [0.05, 0.1) is 0 Å². The van der Waals surface area contributed by atoms with E-state index in [0.717, 1.165) is 0 Å². The van der Waals surface area contributed by atoms with Gasteiger partial charge in [-0.05, 0) is 6.42 Å². The smallest absolute Gasteiger partial charge is 0.383 e. The quantitative estimate of drug-likeness (QED) is 0.652. The van der Waals surface area contributed by atoms with Gasteiger partial charge in [0.15, 0.2) is 6.10 Å². The van der Waals surface area contributed by atoms with E-state index in [4.69, 9.17) is 5.11 Å². The Labute approximate surface area is 77.9 Å². The molecule has 0 radical (unpaired) electrons. The molecule has 0 amide bonds. The summed E-state index contributed by atoms with van der Waals surface area (Å²) in [6.45, 7) is 0. The van der Waals surface area contributed by atoms with Gasteiger partial charge in [-0.2, -0.15) is 13.2 Å². The Morgan fingerprint density at radius 2 is 1.64 bits per heavy atom. The van der Waals surface area contributed by atoms with Gasteiger partial charge < -0.3 is 5.11 Å². The fraction of sp³-hybridized carbons (Fsp3) is 0.750. The SMILES string of the molecule is O=C1CCCC(=O)C1C(O)C(F)(F)F. The Morgan fingerprint density at radius 3 is 2.00 bits per heavy atom. The third-order valence-electron chi connectivity index (χ3n) is 2.19. The number of rotatable bonds is 1. The molecule has 1 aliphatic rings. The Bertz CT molecular complexity index is 243. The third-order valence-corrected chi connectivity index (χ3v) is 2.19. The van der Waals surface area contributed by atoms with Crippen LogP contribution in [0.4, 0.5) is 13.2 Å². The molecule has 0 bridgehead atoms. The molecule has 1 fully saturated rings. The number of aliphatic hydroxyl groups is 1. The van der Waals surface area contributed by atoms with E-state index in [1.165, 1.54) is 0 Å². The highest BCUT2D eigenvalue weighted by Gasteiger charge is 2.49. The molecule has 0 spiro atoms. The lowest BCUT2D eigenvalue weighted by Gasteiger charge is -2.25. The van der Waals surface area contributed by atoms with Crippen LogP contribution >= 0.6 is 0 Å². The van der Waals surface area contributed by atoms with Crippen molar-refractivity contribution in [3.8, 4) is 0 Å². The van der Waals surface area contributed by atoms with Crippen molar-refractivity contribution in [2.45, 2.75) is 31.5 Å². The van der Waals surface area contributed by atoms with Crippen molar-refractivity contribution in [1.82, 2.24) is 0 Å². The molecule has 0 heterocycles. The Kier molecular flexibility index (Phi) is 2.94. The zero-order chi connectivity index (χ0) is 10.9. The third kappa shape index (κ3) is 2.12. The number of halogens is 3. The zero-order valence-electron chi connectivity index (χ0n) is 7.17. The monoisotopic (exact) mass is 210 g/mol. The van der Waals surface area contributed by atoms with Crippen molar-refractivity contribution in [3.05, 3.63) is 0 Å². The number of hydrogen-bond acceptors (Lipinski definition) is 3. The molecule has 14 heavy (non-hydrogen) atoms. The summed E-state index contributed by atoms with van der Waals surface area (Å²) in [5.41, 5.74) is 0. The lowest BCUT2D eigenvalue weighted by Crippen LogP contribution is -2.45. The van der Waals surface area contributed by atoms with Gasteiger partial charge in [0.25, 0.3) is 0 Å². The van der Waals surface area contributed by atoms with E-state index >= 15 is 0 Å². The topological polar surface area (TPSA) is 54.4 Å². The summed E-state index contributed by atoms with van der Waals surface area (Å²) in [7, 11) is 0. The lowest BCUT2D eigenvalue weighted by molar-refractivity contribution is -0.219. The first kappa shape index (κ1) is 11.2. The minimum Gasteiger partial charge on any atom is -0.383 e. The maximum atomic E-state index is 12.0. The molecule has 0 saturated heterocycles. The van der Waals surface area contributed by atoms with Crippen LogP contribution in [0, 0.1) is 5.92 Å². The average molecular weight is 210 g/mol. The maximum Gasteiger partial charge on any atom is 0.415 e. The first-order valence-corrected chi connectivity index (χ1v) is 4.14. The fourth-order valence-electron chi connectivity index (χ4n) is 1.47. The van der Waals surface area contributed by atoms with Crippen molar-refractivity contribution in [2.75, 3.05) is 0 Å². The summed E-state index contributed by atoms with van der Waals surface area (Å²) in [6, 6.07) is 0. The van der Waals surface area contributed by atoms with Crippen LogP contribution in [0.1, 0.15) is 19.3 Å². The highest BCUT2D eigenvalue weighted by atomic mass is 19.4. The molecule has 0 aromatic carbocycles. The summed E-state index contributed by atoms with van der Waals surface area (Å²) >= 11 is 0. The van der Waals surface area contributed by atoms with Gasteiger partial charge in [0.1, 0.15) is 17.5 Å². The van der Waals surface area contributed by atoms with Crippen molar-refractivity contribution in [1.29, 1.82) is 0 Å². The van der Waals surface area contributed by atoms with Crippen LogP contribution in [0.15, 0.2) is 0 Å². The van der Waals surface area contributed by atoms with E-state index in [9.17, 15) is 22.8 Å². The van der Waals surface area contributed by atoms with Gasteiger partial charge >= 0.3 is 6.18 Å². The van der Waals surface area contributed by atoms with Crippen LogP contribution in [0.25, 0.3) is 0 Å². The number of carbonyl (C=O) groups excluding carboxylic acids is 2. The molecular weight excluding hydrogens is 201 g/mol. The van der Waals surface area contributed by atoms with Crippen molar-refractivity contribution < 1.29 is 27.9 Å². The molecule has 1 saturated carbocycles. The van der Waals surface area contributed by atoms with Crippen LogP contribution < -0.4 is 0 Å². The predicted octanol–water partition coefficient (Wildman–Crippen LogP) is 0.848. The average Bonchev–Trinajstić information content (AvgIpc) is 2.01. The van der Waals surface area contributed by atoms with Crippen LogP contribution in [-0.2, 0) is 9.59 Å². The first-order valence-electron chi connectivity index (χ1n) is 4.14. The minimum absolute atomic E-state index is 0.0659. The second-order valence-electron chi connectivity index (χ2n) is 3.25. The van der Waals surface area contributed by atoms with E-state index < -0.39 is 29.8 Å². The largest absolute Gasteiger partial charge is 0.415 e. The van der Waals surface area contributed by atoms with Crippen molar-refractivity contribution in [2.24, 2.45) is 5.92 Å². The molecule has 0 aromatic heterocycles. The molecule has 6 heteroatoms. The van der Waals surface area contributed by atoms with Gasteiger partial charge in [-0.1, -0.05) is 0 Å². The molecule has 0 aromatic rings. The fourth-order valence-corrected chi connectivity index (χ4v) is 1.47. The second kappa shape index (κ2) is 3.68.